The highest BCUT2D eigenvalue weighted by Gasteiger charge is 2.40. The molecule has 0 aromatic heterocycles. The van der Waals surface area contributed by atoms with E-state index in [1.165, 1.54) is 19.4 Å². The normalized spacial score (nSPS) is 30.2. The number of nitrogens with one attached hydrogen (secondary N) is 2. The van der Waals surface area contributed by atoms with Gasteiger partial charge in [0.1, 0.15) is 0 Å². The molecule has 0 radical (unpaired) electrons. The monoisotopic (exact) mass is 225 g/mol. The maximum atomic E-state index is 11.6. The molecule has 16 heavy (non-hydrogen) atoms. The second-order valence-corrected chi connectivity index (χ2v) is 4.80. The molecule has 1 amide bonds. The summed E-state index contributed by atoms with van der Waals surface area (Å²) >= 11 is 0. The molecule has 2 heterocycles. The highest BCUT2D eigenvalue weighted by molar-refractivity contribution is 5.82. The number of hydrogen-bond acceptors (Lipinski definition) is 3. The van der Waals surface area contributed by atoms with Gasteiger partial charge in [-0.05, 0) is 45.4 Å². The Morgan fingerprint density at radius 3 is 3.25 bits per heavy atom. The van der Waals surface area contributed by atoms with Crippen LogP contribution in [0.4, 0.5) is 0 Å². The van der Waals surface area contributed by atoms with Crippen molar-refractivity contribution in [1.82, 2.24) is 15.5 Å². The fraction of sp³-hybridized carbons (Fsp3) is 0.917. The van der Waals surface area contributed by atoms with Crippen molar-refractivity contribution < 1.29 is 4.79 Å². The molecule has 4 nitrogen and oxygen atoms in total. The summed E-state index contributed by atoms with van der Waals surface area (Å²) in [5.74, 6) is 0.550. The van der Waals surface area contributed by atoms with Crippen LogP contribution in [0.2, 0.25) is 0 Å². The van der Waals surface area contributed by atoms with Crippen molar-refractivity contribution in [2.75, 3.05) is 32.7 Å². The van der Waals surface area contributed by atoms with Gasteiger partial charge in [-0.3, -0.25) is 9.69 Å². The maximum absolute atomic E-state index is 11.6. The molecule has 2 rings (SSSR count). The number of likely N-dealkylation sites (tertiary alicyclic amines) is 1. The van der Waals surface area contributed by atoms with Crippen LogP contribution in [0.3, 0.4) is 0 Å². The molecular weight excluding hydrogens is 202 g/mol. The highest BCUT2D eigenvalue weighted by Crippen LogP contribution is 2.27. The van der Waals surface area contributed by atoms with Crippen LogP contribution in [0.5, 0.6) is 0 Å². The zero-order valence-electron chi connectivity index (χ0n) is 10.2. The Bertz CT molecular complexity index is 244. The van der Waals surface area contributed by atoms with Gasteiger partial charge in [0.25, 0.3) is 0 Å². The first-order chi connectivity index (χ1) is 7.83. The van der Waals surface area contributed by atoms with Crippen molar-refractivity contribution >= 4 is 5.91 Å². The van der Waals surface area contributed by atoms with Crippen LogP contribution in [0.15, 0.2) is 0 Å². The highest BCUT2D eigenvalue weighted by atomic mass is 16.2. The standard InChI is InChI=1S/C12H23N3O/c1-2-13-6-4-8-15-7-3-5-10-11(15)9-14-12(10)16/h10-11,13H,2-9H2,1H3,(H,14,16). The van der Waals surface area contributed by atoms with E-state index in [1.807, 2.05) is 0 Å². The van der Waals surface area contributed by atoms with E-state index in [1.54, 1.807) is 0 Å². The van der Waals surface area contributed by atoms with E-state index in [-0.39, 0.29) is 11.8 Å². The van der Waals surface area contributed by atoms with E-state index >= 15 is 0 Å². The summed E-state index contributed by atoms with van der Waals surface area (Å²) in [4.78, 5) is 14.1. The van der Waals surface area contributed by atoms with Gasteiger partial charge in [-0.25, -0.2) is 0 Å². The van der Waals surface area contributed by atoms with Gasteiger partial charge in [-0.2, -0.15) is 0 Å². The molecule has 4 heteroatoms. The zero-order chi connectivity index (χ0) is 11.4. The first kappa shape index (κ1) is 11.9. The Morgan fingerprint density at radius 2 is 2.44 bits per heavy atom. The molecule has 0 aliphatic carbocycles. The Morgan fingerprint density at radius 1 is 1.56 bits per heavy atom. The summed E-state index contributed by atoms with van der Waals surface area (Å²) in [6.07, 6.45) is 3.45. The number of amides is 1. The molecule has 2 fully saturated rings. The lowest BCUT2D eigenvalue weighted by atomic mass is 9.91. The summed E-state index contributed by atoms with van der Waals surface area (Å²) in [6, 6.07) is 0.475. The van der Waals surface area contributed by atoms with E-state index in [4.69, 9.17) is 0 Å². The average molecular weight is 225 g/mol. The number of carbonyl (C=O) groups excluding carboxylic acids is 1. The Hall–Kier alpha value is -0.610. The molecular formula is C12H23N3O. The summed E-state index contributed by atoms with van der Waals surface area (Å²) in [6.45, 7) is 7.43. The van der Waals surface area contributed by atoms with Gasteiger partial charge >= 0.3 is 0 Å². The lowest BCUT2D eigenvalue weighted by Gasteiger charge is -2.35. The smallest absolute Gasteiger partial charge is 0.224 e. The largest absolute Gasteiger partial charge is 0.354 e. The molecule has 0 aromatic rings. The molecule has 0 aromatic carbocycles. The molecule has 2 unspecified atom stereocenters. The maximum Gasteiger partial charge on any atom is 0.224 e. The molecule has 2 saturated heterocycles. The van der Waals surface area contributed by atoms with Crippen LogP contribution < -0.4 is 10.6 Å². The molecule has 0 saturated carbocycles. The van der Waals surface area contributed by atoms with Crippen LogP contribution in [-0.4, -0.2) is 49.6 Å². The number of nitrogens with zero attached hydrogens (tertiary/aromatic N) is 1. The molecule has 0 spiro atoms. The topological polar surface area (TPSA) is 44.4 Å². The molecule has 2 aliphatic heterocycles. The third kappa shape index (κ3) is 2.55. The summed E-state index contributed by atoms with van der Waals surface area (Å²) in [5, 5.41) is 6.34. The predicted octanol–water partition coefficient (Wildman–Crippen LogP) is 0.196. The Labute approximate surface area is 97.8 Å². The molecule has 0 bridgehead atoms. The van der Waals surface area contributed by atoms with Crippen molar-refractivity contribution in [2.45, 2.75) is 32.2 Å². The van der Waals surface area contributed by atoms with E-state index in [9.17, 15) is 4.79 Å². The van der Waals surface area contributed by atoms with Crippen LogP contribution in [0, 0.1) is 5.92 Å². The quantitative estimate of drug-likeness (QED) is 0.657. The first-order valence-corrected chi connectivity index (χ1v) is 6.55. The number of carbonyl (C=O) groups is 1. The van der Waals surface area contributed by atoms with Gasteiger partial charge in [0.15, 0.2) is 0 Å². The molecule has 2 N–H and O–H groups in total. The van der Waals surface area contributed by atoms with Gasteiger partial charge in [0.05, 0.1) is 5.92 Å². The van der Waals surface area contributed by atoms with Gasteiger partial charge in [0, 0.05) is 12.6 Å². The van der Waals surface area contributed by atoms with Crippen molar-refractivity contribution in [2.24, 2.45) is 5.92 Å². The fourth-order valence-corrected chi connectivity index (χ4v) is 2.90. The summed E-state index contributed by atoms with van der Waals surface area (Å²) in [5.41, 5.74) is 0. The van der Waals surface area contributed by atoms with Crippen molar-refractivity contribution in [3.05, 3.63) is 0 Å². The van der Waals surface area contributed by atoms with Crippen LogP contribution >= 0.6 is 0 Å². The lowest BCUT2D eigenvalue weighted by molar-refractivity contribution is -0.124. The van der Waals surface area contributed by atoms with Gasteiger partial charge in [0.2, 0.25) is 5.91 Å². The Kier molecular flexibility index (Phi) is 4.18. The second kappa shape index (κ2) is 5.64. The number of rotatable bonds is 5. The van der Waals surface area contributed by atoms with Gasteiger partial charge < -0.3 is 10.6 Å². The third-order valence-corrected chi connectivity index (χ3v) is 3.77. The van der Waals surface area contributed by atoms with Gasteiger partial charge in [-0.1, -0.05) is 6.92 Å². The number of piperidine rings is 1. The van der Waals surface area contributed by atoms with E-state index < -0.39 is 0 Å². The van der Waals surface area contributed by atoms with Crippen molar-refractivity contribution in [3.63, 3.8) is 0 Å². The summed E-state index contributed by atoms with van der Waals surface area (Å²) in [7, 11) is 0. The molecule has 92 valence electrons. The van der Waals surface area contributed by atoms with Crippen molar-refractivity contribution in [3.8, 4) is 0 Å². The average Bonchev–Trinajstić information content (AvgIpc) is 2.68. The number of hydrogen-bond donors (Lipinski definition) is 2. The number of fused-ring (bicyclic) bond motifs is 1. The van der Waals surface area contributed by atoms with Crippen LogP contribution in [0.25, 0.3) is 0 Å². The SMILES string of the molecule is CCNCCCN1CCCC2C(=O)NCC21. The van der Waals surface area contributed by atoms with E-state index in [0.29, 0.717) is 6.04 Å². The second-order valence-electron chi connectivity index (χ2n) is 4.80. The third-order valence-electron chi connectivity index (χ3n) is 3.77. The van der Waals surface area contributed by atoms with Crippen molar-refractivity contribution in [1.29, 1.82) is 0 Å². The van der Waals surface area contributed by atoms with E-state index in [0.717, 1.165) is 32.6 Å². The fourth-order valence-electron chi connectivity index (χ4n) is 2.90. The molecule has 2 atom stereocenters. The lowest BCUT2D eigenvalue weighted by Crippen LogP contribution is -2.46. The minimum atomic E-state index is 0.271. The van der Waals surface area contributed by atoms with Gasteiger partial charge in [-0.15, -0.1) is 0 Å². The summed E-state index contributed by atoms with van der Waals surface area (Å²) < 4.78 is 0. The zero-order valence-corrected chi connectivity index (χ0v) is 10.2. The Balaban J connectivity index is 1.78. The minimum absolute atomic E-state index is 0.271. The predicted molar refractivity (Wildman–Crippen MR) is 64.3 cm³/mol. The van der Waals surface area contributed by atoms with E-state index in [2.05, 4.69) is 22.5 Å². The molecule has 2 aliphatic rings. The minimum Gasteiger partial charge on any atom is -0.354 e. The first-order valence-electron chi connectivity index (χ1n) is 6.55. The van der Waals surface area contributed by atoms with Crippen LogP contribution in [0.1, 0.15) is 26.2 Å². The van der Waals surface area contributed by atoms with Crippen LogP contribution in [-0.2, 0) is 4.79 Å².